The lowest BCUT2D eigenvalue weighted by Gasteiger charge is -2.15. The van der Waals surface area contributed by atoms with Gasteiger partial charge in [-0.05, 0) is 53.6 Å². The van der Waals surface area contributed by atoms with Gasteiger partial charge in [0.1, 0.15) is 0 Å². The van der Waals surface area contributed by atoms with Crippen LogP contribution in [0.3, 0.4) is 0 Å². The number of amides is 2. The molecule has 5 heteroatoms. The van der Waals surface area contributed by atoms with Gasteiger partial charge in [0.15, 0.2) is 0 Å². The van der Waals surface area contributed by atoms with E-state index in [0.29, 0.717) is 29.6 Å². The average molecular weight is 380 g/mol. The van der Waals surface area contributed by atoms with E-state index in [1.54, 1.807) is 24.3 Å². The van der Waals surface area contributed by atoms with Gasteiger partial charge < -0.3 is 16.4 Å². The van der Waals surface area contributed by atoms with Crippen LogP contribution in [0.15, 0.2) is 48.5 Å². The van der Waals surface area contributed by atoms with E-state index in [1.807, 2.05) is 12.1 Å². The number of nitrogens with one attached hydrogen (secondary N) is 2. The summed E-state index contributed by atoms with van der Waals surface area (Å²) < 4.78 is 0. The van der Waals surface area contributed by atoms with Gasteiger partial charge in [-0.2, -0.15) is 0 Å². The number of anilines is 1. The summed E-state index contributed by atoms with van der Waals surface area (Å²) in [6.07, 6.45) is 0.951. The Kier molecular flexibility index (Phi) is 6.15. The van der Waals surface area contributed by atoms with E-state index in [1.165, 1.54) is 5.56 Å². The number of rotatable bonds is 7. The maximum atomic E-state index is 12.4. The first-order chi connectivity index (χ1) is 13.3. The quantitative estimate of drug-likeness (QED) is 0.683. The van der Waals surface area contributed by atoms with Gasteiger partial charge in [0, 0.05) is 29.8 Å². The zero-order valence-electron chi connectivity index (χ0n) is 16.7. The van der Waals surface area contributed by atoms with Gasteiger partial charge in [0.2, 0.25) is 5.91 Å². The van der Waals surface area contributed by atoms with Gasteiger partial charge in [-0.15, -0.1) is 0 Å². The van der Waals surface area contributed by atoms with Crippen molar-refractivity contribution in [2.75, 3.05) is 11.9 Å². The van der Waals surface area contributed by atoms with Crippen molar-refractivity contribution in [1.29, 1.82) is 0 Å². The molecule has 4 N–H and O–H groups in total. The molecular weight excluding hydrogens is 350 g/mol. The third-order valence-electron chi connectivity index (χ3n) is 5.37. The van der Waals surface area contributed by atoms with Gasteiger partial charge in [-0.1, -0.05) is 45.0 Å². The highest BCUT2D eigenvalue weighted by atomic mass is 16.2. The molecule has 0 spiro atoms. The molecule has 3 rings (SSSR count). The molecular formula is C23H29N3O2. The molecule has 5 nitrogen and oxygen atoms in total. The smallest absolute Gasteiger partial charge is 0.251 e. The Balaban J connectivity index is 1.50. The van der Waals surface area contributed by atoms with Gasteiger partial charge in [0.05, 0.1) is 0 Å². The minimum Gasteiger partial charge on any atom is -0.350 e. The number of hydrogen-bond acceptors (Lipinski definition) is 3. The molecule has 28 heavy (non-hydrogen) atoms. The SMILES string of the molecule is CC(C)c1ccc(C(N)CNC(=O)c2ccc(NC(=O)C3CC3C)cc2)cc1. The van der Waals surface area contributed by atoms with Crippen LogP contribution in [0.5, 0.6) is 0 Å². The van der Waals surface area contributed by atoms with Crippen molar-refractivity contribution >= 4 is 17.5 Å². The summed E-state index contributed by atoms with van der Waals surface area (Å²) in [4.78, 5) is 24.3. The maximum absolute atomic E-state index is 12.4. The molecule has 0 heterocycles. The van der Waals surface area contributed by atoms with Crippen LogP contribution < -0.4 is 16.4 Å². The van der Waals surface area contributed by atoms with Crippen LogP contribution in [0.4, 0.5) is 5.69 Å². The molecule has 2 aromatic carbocycles. The fraction of sp³-hybridized carbons (Fsp3) is 0.391. The highest BCUT2D eigenvalue weighted by Crippen LogP contribution is 2.38. The van der Waals surface area contributed by atoms with E-state index in [2.05, 4.69) is 43.5 Å². The average Bonchev–Trinajstić information content (AvgIpc) is 3.43. The Labute approximate surface area is 166 Å². The number of hydrogen-bond donors (Lipinski definition) is 3. The number of benzene rings is 2. The van der Waals surface area contributed by atoms with Crippen LogP contribution in [0.25, 0.3) is 0 Å². The fourth-order valence-electron chi connectivity index (χ4n) is 3.18. The van der Waals surface area contributed by atoms with Crippen molar-refractivity contribution < 1.29 is 9.59 Å². The van der Waals surface area contributed by atoms with E-state index in [0.717, 1.165) is 12.0 Å². The summed E-state index contributed by atoms with van der Waals surface area (Å²) in [5.74, 6) is 0.947. The molecule has 1 saturated carbocycles. The zero-order chi connectivity index (χ0) is 20.3. The van der Waals surface area contributed by atoms with Crippen LogP contribution in [-0.4, -0.2) is 18.4 Å². The van der Waals surface area contributed by atoms with Crippen LogP contribution in [0.1, 0.15) is 60.6 Å². The zero-order valence-corrected chi connectivity index (χ0v) is 16.7. The van der Waals surface area contributed by atoms with E-state index in [-0.39, 0.29) is 23.8 Å². The first kappa shape index (κ1) is 20.1. The summed E-state index contributed by atoms with van der Waals surface area (Å²) in [6.45, 7) is 6.73. The van der Waals surface area contributed by atoms with Crippen LogP contribution in [-0.2, 0) is 4.79 Å². The Bertz CT molecular complexity index is 828. The maximum Gasteiger partial charge on any atom is 0.251 e. The highest BCUT2D eigenvalue weighted by Gasteiger charge is 2.39. The van der Waals surface area contributed by atoms with Crippen molar-refractivity contribution in [2.24, 2.45) is 17.6 Å². The lowest BCUT2D eigenvalue weighted by Crippen LogP contribution is -2.31. The van der Waals surface area contributed by atoms with Gasteiger partial charge in [-0.3, -0.25) is 9.59 Å². The fourth-order valence-corrected chi connectivity index (χ4v) is 3.18. The summed E-state index contributed by atoms with van der Waals surface area (Å²) in [7, 11) is 0. The Morgan fingerprint density at radius 1 is 1.04 bits per heavy atom. The molecule has 2 aromatic rings. The Hall–Kier alpha value is -2.66. The van der Waals surface area contributed by atoms with Crippen LogP contribution in [0, 0.1) is 11.8 Å². The molecule has 0 bridgehead atoms. The van der Waals surface area contributed by atoms with Crippen molar-refractivity contribution in [3.63, 3.8) is 0 Å². The standard InChI is InChI=1S/C23H29N3O2/c1-14(2)16-4-6-17(7-5-16)21(24)13-25-22(27)18-8-10-19(11-9-18)26-23(28)20-12-15(20)3/h4-11,14-15,20-21H,12-13,24H2,1-3H3,(H,25,27)(H,26,28). The minimum absolute atomic E-state index is 0.0548. The molecule has 0 radical (unpaired) electrons. The molecule has 1 aliphatic rings. The summed E-state index contributed by atoms with van der Waals surface area (Å²) in [5, 5.41) is 5.77. The normalized spacial score (nSPS) is 19.2. The third-order valence-corrected chi connectivity index (χ3v) is 5.37. The van der Waals surface area contributed by atoms with Crippen molar-refractivity contribution in [3.05, 3.63) is 65.2 Å². The van der Waals surface area contributed by atoms with Gasteiger partial charge in [0.25, 0.3) is 5.91 Å². The molecule has 3 atom stereocenters. The second kappa shape index (κ2) is 8.57. The number of carbonyl (C=O) groups is 2. The molecule has 1 aliphatic carbocycles. The van der Waals surface area contributed by atoms with E-state index < -0.39 is 0 Å². The molecule has 148 valence electrons. The lowest BCUT2D eigenvalue weighted by molar-refractivity contribution is -0.117. The number of carbonyl (C=O) groups excluding carboxylic acids is 2. The van der Waals surface area contributed by atoms with Crippen molar-refractivity contribution in [2.45, 2.75) is 39.2 Å². The molecule has 2 amide bonds. The third kappa shape index (κ3) is 4.98. The first-order valence-corrected chi connectivity index (χ1v) is 9.89. The van der Waals surface area contributed by atoms with Crippen LogP contribution in [0.2, 0.25) is 0 Å². The second-order valence-corrected chi connectivity index (χ2v) is 8.02. The summed E-state index contributed by atoms with van der Waals surface area (Å²) in [5.41, 5.74) is 9.73. The summed E-state index contributed by atoms with van der Waals surface area (Å²) in [6, 6.07) is 14.9. The molecule has 3 unspecified atom stereocenters. The minimum atomic E-state index is -0.260. The predicted octanol–water partition coefficient (Wildman–Crippen LogP) is 3.83. The molecule has 1 fully saturated rings. The molecule has 0 aliphatic heterocycles. The molecule has 0 saturated heterocycles. The van der Waals surface area contributed by atoms with Gasteiger partial charge in [-0.25, -0.2) is 0 Å². The highest BCUT2D eigenvalue weighted by molar-refractivity contribution is 5.97. The topological polar surface area (TPSA) is 84.2 Å². The molecule has 0 aromatic heterocycles. The van der Waals surface area contributed by atoms with Crippen molar-refractivity contribution in [3.8, 4) is 0 Å². The van der Waals surface area contributed by atoms with Crippen LogP contribution >= 0.6 is 0 Å². The largest absolute Gasteiger partial charge is 0.350 e. The summed E-state index contributed by atoms with van der Waals surface area (Å²) >= 11 is 0. The van der Waals surface area contributed by atoms with Gasteiger partial charge >= 0.3 is 0 Å². The first-order valence-electron chi connectivity index (χ1n) is 9.89. The second-order valence-electron chi connectivity index (χ2n) is 8.02. The monoisotopic (exact) mass is 379 g/mol. The van der Waals surface area contributed by atoms with Crippen molar-refractivity contribution in [1.82, 2.24) is 5.32 Å². The van der Waals surface area contributed by atoms with E-state index in [9.17, 15) is 9.59 Å². The van der Waals surface area contributed by atoms with E-state index in [4.69, 9.17) is 5.73 Å². The number of nitrogens with two attached hydrogens (primary N) is 1. The predicted molar refractivity (Wildman–Crippen MR) is 112 cm³/mol. The Morgan fingerprint density at radius 2 is 1.61 bits per heavy atom. The lowest BCUT2D eigenvalue weighted by atomic mass is 9.99. The van der Waals surface area contributed by atoms with E-state index >= 15 is 0 Å². The Morgan fingerprint density at radius 3 is 2.14 bits per heavy atom.